The third-order valence-corrected chi connectivity index (χ3v) is 3.54. The average molecular weight is 285 g/mol. The fourth-order valence-corrected chi connectivity index (χ4v) is 2.21. The number of carbonyl (C=O) groups excluding carboxylic acids is 1. The quantitative estimate of drug-likeness (QED) is 0.678. The maximum atomic E-state index is 12.2. The number of carbonyl (C=O) groups is 1. The molecule has 0 saturated carbocycles. The van der Waals surface area contributed by atoms with Crippen LogP contribution in [0.5, 0.6) is 0 Å². The lowest BCUT2D eigenvalue weighted by Crippen LogP contribution is -2.63. The molecular formula is C12H13ClN2O4. The zero-order chi connectivity index (χ0) is 14.2. The maximum Gasteiger partial charge on any atom is 0.282 e. The molecule has 0 spiro atoms. The first-order valence-corrected chi connectivity index (χ1v) is 6.20. The number of nitro groups is 1. The number of aliphatic hydroxyl groups is 1. The van der Waals surface area contributed by atoms with E-state index < -0.39 is 16.4 Å². The normalized spacial score (nSPS) is 16.9. The van der Waals surface area contributed by atoms with Gasteiger partial charge in [0.15, 0.2) is 0 Å². The lowest BCUT2D eigenvalue weighted by Gasteiger charge is -2.46. The van der Waals surface area contributed by atoms with Crippen LogP contribution in [-0.4, -0.2) is 39.5 Å². The molecule has 1 fully saturated rings. The van der Waals surface area contributed by atoms with Crippen LogP contribution in [0, 0.1) is 10.1 Å². The molecule has 1 aliphatic heterocycles. The molecule has 1 aromatic carbocycles. The number of nitrogens with zero attached hydrogens (tertiary/aromatic N) is 2. The first kappa shape index (κ1) is 13.8. The SMILES string of the molecule is CCC1(O)CN(C(=O)c2cc(Cl)ccc2[N+](=O)[O-])C1. The number of β-amino-alcohol motifs (C(OH)–C–C–N with tert-alkyl or cyclic N) is 1. The molecule has 1 aliphatic rings. The number of halogens is 1. The molecule has 0 atom stereocenters. The van der Waals surface area contributed by atoms with Gasteiger partial charge in [0.25, 0.3) is 11.6 Å². The summed E-state index contributed by atoms with van der Waals surface area (Å²) in [5, 5.41) is 21.0. The summed E-state index contributed by atoms with van der Waals surface area (Å²) < 4.78 is 0. The van der Waals surface area contributed by atoms with Crippen LogP contribution in [0.2, 0.25) is 5.02 Å². The van der Waals surface area contributed by atoms with Crippen LogP contribution in [0.15, 0.2) is 18.2 Å². The number of amides is 1. The molecule has 102 valence electrons. The van der Waals surface area contributed by atoms with Gasteiger partial charge >= 0.3 is 0 Å². The number of rotatable bonds is 3. The Kier molecular flexibility index (Phi) is 3.47. The predicted octanol–water partition coefficient (Wildman–Crippen LogP) is 1.85. The van der Waals surface area contributed by atoms with E-state index in [1.165, 1.54) is 23.1 Å². The molecule has 1 aromatic rings. The van der Waals surface area contributed by atoms with Gasteiger partial charge in [-0.1, -0.05) is 18.5 Å². The van der Waals surface area contributed by atoms with Crippen LogP contribution in [-0.2, 0) is 0 Å². The number of benzene rings is 1. The Morgan fingerprint density at radius 1 is 1.58 bits per heavy atom. The lowest BCUT2D eigenvalue weighted by molar-refractivity contribution is -0.385. The van der Waals surface area contributed by atoms with Crippen molar-refractivity contribution in [1.29, 1.82) is 0 Å². The van der Waals surface area contributed by atoms with Crippen molar-refractivity contribution in [2.45, 2.75) is 18.9 Å². The van der Waals surface area contributed by atoms with E-state index in [-0.39, 0.29) is 29.4 Å². The van der Waals surface area contributed by atoms with E-state index in [0.717, 1.165) is 0 Å². The molecule has 0 radical (unpaired) electrons. The van der Waals surface area contributed by atoms with Crippen molar-refractivity contribution in [3.63, 3.8) is 0 Å². The summed E-state index contributed by atoms with van der Waals surface area (Å²) in [5.41, 5.74) is -1.19. The smallest absolute Gasteiger partial charge is 0.282 e. The van der Waals surface area contributed by atoms with Gasteiger partial charge in [0.05, 0.1) is 23.6 Å². The van der Waals surface area contributed by atoms with Crippen LogP contribution in [0.4, 0.5) is 5.69 Å². The highest BCUT2D eigenvalue weighted by atomic mass is 35.5. The van der Waals surface area contributed by atoms with Crippen molar-refractivity contribution < 1.29 is 14.8 Å². The Morgan fingerprint density at radius 3 is 2.74 bits per heavy atom. The van der Waals surface area contributed by atoms with Gasteiger partial charge in [-0.15, -0.1) is 0 Å². The molecule has 0 unspecified atom stereocenters. The summed E-state index contributed by atoms with van der Waals surface area (Å²) in [7, 11) is 0. The fourth-order valence-electron chi connectivity index (χ4n) is 2.04. The first-order valence-electron chi connectivity index (χ1n) is 5.82. The molecule has 1 saturated heterocycles. The van der Waals surface area contributed by atoms with Crippen molar-refractivity contribution in [1.82, 2.24) is 4.90 Å². The predicted molar refractivity (Wildman–Crippen MR) is 69.3 cm³/mol. The number of likely N-dealkylation sites (tertiary alicyclic amines) is 1. The highest BCUT2D eigenvalue weighted by Crippen LogP contribution is 2.29. The van der Waals surface area contributed by atoms with E-state index in [1.54, 1.807) is 0 Å². The fraction of sp³-hybridized carbons (Fsp3) is 0.417. The first-order chi connectivity index (χ1) is 8.86. The van der Waals surface area contributed by atoms with E-state index >= 15 is 0 Å². The van der Waals surface area contributed by atoms with Crippen LogP contribution in [0.1, 0.15) is 23.7 Å². The molecule has 0 aliphatic carbocycles. The standard InChI is InChI=1S/C12H13ClN2O4/c1-2-12(17)6-14(7-12)11(16)9-5-8(13)3-4-10(9)15(18)19/h3-5,17H,2,6-7H2,1H3. The monoisotopic (exact) mass is 284 g/mol. The Hall–Kier alpha value is -1.66. The van der Waals surface area contributed by atoms with E-state index in [1.807, 2.05) is 6.92 Å². The second-order valence-electron chi connectivity index (χ2n) is 4.66. The van der Waals surface area contributed by atoms with Crippen molar-refractivity contribution in [2.75, 3.05) is 13.1 Å². The number of nitro benzene ring substituents is 1. The van der Waals surface area contributed by atoms with Gasteiger partial charge in [-0.3, -0.25) is 14.9 Å². The van der Waals surface area contributed by atoms with Crippen LogP contribution >= 0.6 is 11.6 Å². The van der Waals surface area contributed by atoms with Crippen molar-refractivity contribution in [3.05, 3.63) is 38.9 Å². The summed E-state index contributed by atoms with van der Waals surface area (Å²) >= 11 is 5.77. The second kappa shape index (κ2) is 4.79. The van der Waals surface area contributed by atoms with Gasteiger partial charge in [-0.2, -0.15) is 0 Å². The zero-order valence-corrected chi connectivity index (χ0v) is 11.1. The Morgan fingerprint density at radius 2 is 2.21 bits per heavy atom. The molecule has 7 heteroatoms. The molecule has 19 heavy (non-hydrogen) atoms. The third-order valence-electron chi connectivity index (χ3n) is 3.30. The Labute approximate surface area is 114 Å². The van der Waals surface area contributed by atoms with Gasteiger partial charge in [0.2, 0.25) is 0 Å². The minimum atomic E-state index is -0.872. The molecule has 1 heterocycles. The Bertz CT molecular complexity index is 541. The highest BCUT2D eigenvalue weighted by molar-refractivity contribution is 6.31. The van der Waals surface area contributed by atoms with Crippen molar-refractivity contribution >= 4 is 23.2 Å². The topological polar surface area (TPSA) is 83.7 Å². The van der Waals surface area contributed by atoms with E-state index in [2.05, 4.69) is 0 Å². The largest absolute Gasteiger partial charge is 0.386 e. The van der Waals surface area contributed by atoms with Gasteiger partial charge < -0.3 is 10.0 Å². The van der Waals surface area contributed by atoms with Crippen LogP contribution < -0.4 is 0 Å². The lowest BCUT2D eigenvalue weighted by atomic mass is 9.90. The van der Waals surface area contributed by atoms with E-state index in [9.17, 15) is 20.0 Å². The summed E-state index contributed by atoms with van der Waals surface area (Å²) in [5.74, 6) is -0.479. The van der Waals surface area contributed by atoms with E-state index in [0.29, 0.717) is 6.42 Å². The van der Waals surface area contributed by atoms with Crippen molar-refractivity contribution in [2.24, 2.45) is 0 Å². The Balaban J connectivity index is 2.25. The molecule has 1 amide bonds. The minimum absolute atomic E-state index is 0.0457. The maximum absolute atomic E-state index is 12.2. The van der Waals surface area contributed by atoms with Gasteiger partial charge in [-0.05, 0) is 18.6 Å². The van der Waals surface area contributed by atoms with E-state index in [4.69, 9.17) is 11.6 Å². The molecular weight excluding hydrogens is 272 g/mol. The summed E-state index contributed by atoms with van der Waals surface area (Å²) in [6.07, 6.45) is 0.536. The number of hydrogen-bond acceptors (Lipinski definition) is 4. The highest BCUT2D eigenvalue weighted by Gasteiger charge is 2.43. The van der Waals surface area contributed by atoms with Gasteiger partial charge in [0, 0.05) is 11.1 Å². The van der Waals surface area contributed by atoms with Gasteiger partial charge in [-0.25, -0.2) is 0 Å². The number of hydrogen-bond donors (Lipinski definition) is 1. The average Bonchev–Trinajstić information content (AvgIpc) is 2.33. The molecule has 6 nitrogen and oxygen atoms in total. The van der Waals surface area contributed by atoms with Crippen LogP contribution in [0.25, 0.3) is 0 Å². The summed E-state index contributed by atoms with van der Waals surface area (Å²) in [6, 6.07) is 3.86. The molecule has 2 rings (SSSR count). The van der Waals surface area contributed by atoms with Crippen molar-refractivity contribution in [3.8, 4) is 0 Å². The second-order valence-corrected chi connectivity index (χ2v) is 5.09. The minimum Gasteiger partial charge on any atom is -0.386 e. The zero-order valence-electron chi connectivity index (χ0n) is 10.3. The molecule has 0 aromatic heterocycles. The summed E-state index contributed by atoms with van der Waals surface area (Å²) in [4.78, 5) is 23.8. The third kappa shape index (κ3) is 2.54. The molecule has 0 bridgehead atoms. The van der Waals surface area contributed by atoms with Gasteiger partial charge in [0.1, 0.15) is 5.56 Å². The molecule has 1 N–H and O–H groups in total. The summed E-state index contributed by atoms with van der Waals surface area (Å²) in [6.45, 7) is 2.20. The van der Waals surface area contributed by atoms with Crippen LogP contribution in [0.3, 0.4) is 0 Å².